The Hall–Kier alpha value is -2.35. The first-order valence-electron chi connectivity index (χ1n) is 5.79. The molecule has 2 heteroatoms. The van der Waals surface area contributed by atoms with Crippen LogP contribution in [0.1, 0.15) is 0 Å². The lowest BCUT2D eigenvalue weighted by Crippen LogP contribution is -1.91. The Morgan fingerprint density at radius 2 is 1.94 bits per heavy atom. The second-order valence-electron chi connectivity index (χ2n) is 3.99. The molecule has 0 saturated heterocycles. The number of benzene rings is 2. The minimum Gasteiger partial charge on any atom is -0.540 e. The third-order valence-corrected chi connectivity index (χ3v) is 2.95. The molecule has 0 bridgehead atoms. The van der Waals surface area contributed by atoms with Crippen molar-refractivity contribution in [2.75, 3.05) is 7.11 Å². The average Bonchev–Trinajstić information content (AvgIpc) is 2.46. The summed E-state index contributed by atoms with van der Waals surface area (Å²) in [6.07, 6.45) is 1.82. The quantitative estimate of drug-likeness (QED) is 0.630. The van der Waals surface area contributed by atoms with E-state index in [1.807, 2.05) is 42.6 Å². The second kappa shape index (κ2) is 4.49. The van der Waals surface area contributed by atoms with Crippen LogP contribution in [0.4, 0.5) is 0 Å². The number of hydrogen-bond acceptors (Lipinski definition) is 2. The lowest BCUT2D eigenvalue weighted by Gasteiger charge is -2.16. The summed E-state index contributed by atoms with van der Waals surface area (Å²) >= 11 is 0. The van der Waals surface area contributed by atoms with Crippen molar-refractivity contribution in [3.8, 4) is 17.0 Å². The van der Waals surface area contributed by atoms with Gasteiger partial charge in [0.2, 0.25) is 0 Å². The lowest BCUT2D eigenvalue weighted by atomic mass is 10.0. The van der Waals surface area contributed by atoms with Crippen molar-refractivity contribution in [1.29, 1.82) is 0 Å². The molecule has 0 spiro atoms. The maximum atomic E-state index is 5.38. The Labute approximate surface area is 106 Å². The normalized spacial score (nSPS) is 10.5. The molecule has 0 atom stereocenters. The van der Waals surface area contributed by atoms with Crippen LogP contribution >= 0.6 is 0 Å². The highest BCUT2D eigenvalue weighted by atomic mass is 16.5. The van der Waals surface area contributed by atoms with E-state index >= 15 is 0 Å². The van der Waals surface area contributed by atoms with Crippen LogP contribution in [0.3, 0.4) is 0 Å². The van der Waals surface area contributed by atoms with Gasteiger partial charge in [-0.1, -0.05) is 29.8 Å². The molecule has 0 aliphatic heterocycles. The number of methoxy groups -OCH3 is 1. The van der Waals surface area contributed by atoms with E-state index in [-0.39, 0.29) is 0 Å². The zero-order valence-corrected chi connectivity index (χ0v) is 10.1. The first kappa shape index (κ1) is 10.8. The molecule has 88 valence electrons. The third-order valence-electron chi connectivity index (χ3n) is 2.95. The van der Waals surface area contributed by atoms with E-state index in [9.17, 15) is 0 Å². The fourth-order valence-corrected chi connectivity index (χ4v) is 2.10. The Balaban J connectivity index is 2.32. The van der Waals surface area contributed by atoms with Crippen LogP contribution in [0.5, 0.6) is 5.75 Å². The van der Waals surface area contributed by atoms with Crippen LogP contribution < -0.4 is 4.74 Å². The molecule has 2 nitrogen and oxygen atoms in total. The fourth-order valence-electron chi connectivity index (χ4n) is 2.10. The zero-order chi connectivity index (χ0) is 12.4. The first-order valence-corrected chi connectivity index (χ1v) is 5.79. The largest absolute Gasteiger partial charge is 0.540 e. The zero-order valence-electron chi connectivity index (χ0n) is 10.1. The van der Waals surface area contributed by atoms with Crippen molar-refractivity contribution < 1.29 is 4.74 Å². The van der Waals surface area contributed by atoms with Gasteiger partial charge in [-0.3, -0.25) is 0 Å². The molecule has 0 N–H and O–H groups in total. The van der Waals surface area contributed by atoms with Gasteiger partial charge in [0.15, 0.2) is 0 Å². The van der Waals surface area contributed by atoms with E-state index in [2.05, 4.69) is 23.2 Å². The molecule has 0 fully saturated rings. The van der Waals surface area contributed by atoms with Crippen molar-refractivity contribution >= 4 is 10.8 Å². The van der Waals surface area contributed by atoms with E-state index in [0.717, 1.165) is 22.4 Å². The molecule has 0 unspecified atom stereocenters. The molecular formula is C16H12NO-. The van der Waals surface area contributed by atoms with Crippen LogP contribution in [0, 0.1) is 6.07 Å². The Bertz CT molecular complexity index is 686. The highest BCUT2D eigenvalue weighted by molar-refractivity contribution is 5.95. The molecule has 2 aromatic carbocycles. The maximum Gasteiger partial charge on any atom is 0.0647 e. The van der Waals surface area contributed by atoms with Gasteiger partial charge in [0, 0.05) is 11.9 Å². The van der Waals surface area contributed by atoms with Crippen LogP contribution in [0.2, 0.25) is 0 Å². The number of hydrogen-bond donors (Lipinski definition) is 0. The molecule has 0 saturated carbocycles. The number of aromatic nitrogens is 1. The van der Waals surface area contributed by atoms with Gasteiger partial charge in [-0.25, -0.2) is 0 Å². The highest BCUT2D eigenvalue weighted by Crippen LogP contribution is 2.32. The Morgan fingerprint density at radius 3 is 2.83 bits per heavy atom. The molecule has 0 aliphatic carbocycles. The maximum absolute atomic E-state index is 5.38. The summed E-state index contributed by atoms with van der Waals surface area (Å²) in [7, 11) is 1.66. The Kier molecular flexibility index (Phi) is 2.69. The van der Waals surface area contributed by atoms with E-state index in [4.69, 9.17) is 4.74 Å². The summed E-state index contributed by atoms with van der Waals surface area (Å²) in [4.78, 5) is 4.47. The number of fused-ring (bicyclic) bond motifs is 1. The number of nitrogens with zero attached hydrogens (tertiary/aromatic N) is 1. The van der Waals surface area contributed by atoms with Gasteiger partial charge in [0.25, 0.3) is 0 Å². The molecule has 18 heavy (non-hydrogen) atoms. The van der Waals surface area contributed by atoms with Crippen molar-refractivity contribution in [2.45, 2.75) is 0 Å². The number of ether oxygens (including phenoxy) is 1. The van der Waals surface area contributed by atoms with Crippen molar-refractivity contribution in [3.63, 3.8) is 0 Å². The summed E-state index contributed by atoms with van der Waals surface area (Å²) in [5, 5.41) is 2.28. The van der Waals surface area contributed by atoms with Gasteiger partial charge in [-0.2, -0.15) is 0 Å². The summed E-state index contributed by atoms with van der Waals surface area (Å²) in [5.41, 5.74) is 1.81. The number of rotatable bonds is 2. The molecule has 0 radical (unpaired) electrons. The molecular weight excluding hydrogens is 222 g/mol. The van der Waals surface area contributed by atoms with Crippen LogP contribution in [-0.4, -0.2) is 12.1 Å². The molecule has 0 amide bonds. The van der Waals surface area contributed by atoms with Gasteiger partial charge >= 0.3 is 0 Å². The SMILES string of the molecule is COc1ccc[c-]c1-c1nccc2ccccc12. The van der Waals surface area contributed by atoms with Gasteiger partial charge in [-0.15, -0.1) is 24.3 Å². The van der Waals surface area contributed by atoms with Gasteiger partial charge in [-0.05, 0) is 22.5 Å². The van der Waals surface area contributed by atoms with Crippen molar-refractivity contribution in [2.24, 2.45) is 0 Å². The van der Waals surface area contributed by atoms with Crippen molar-refractivity contribution in [1.82, 2.24) is 4.98 Å². The van der Waals surface area contributed by atoms with Gasteiger partial charge in [0.05, 0.1) is 7.11 Å². The first-order chi connectivity index (χ1) is 8.90. The standard InChI is InChI=1S/C16H12NO/c1-18-15-9-5-4-8-14(15)16-13-7-3-2-6-12(13)10-11-17-16/h2-7,9-11H,1H3/q-1. The lowest BCUT2D eigenvalue weighted by molar-refractivity contribution is 0.416. The second-order valence-corrected chi connectivity index (χ2v) is 3.99. The van der Waals surface area contributed by atoms with E-state index in [0.29, 0.717) is 0 Å². The van der Waals surface area contributed by atoms with Gasteiger partial charge < -0.3 is 9.72 Å². The van der Waals surface area contributed by atoms with Crippen LogP contribution in [-0.2, 0) is 0 Å². The third kappa shape index (κ3) is 1.72. The summed E-state index contributed by atoms with van der Waals surface area (Å²) < 4.78 is 5.38. The van der Waals surface area contributed by atoms with Gasteiger partial charge in [0.1, 0.15) is 0 Å². The van der Waals surface area contributed by atoms with E-state index < -0.39 is 0 Å². The smallest absolute Gasteiger partial charge is 0.0647 e. The number of pyridine rings is 1. The minimum absolute atomic E-state index is 0.793. The monoisotopic (exact) mass is 234 g/mol. The molecule has 3 aromatic rings. The molecule has 1 aromatic heterocycles. The summed E-state index contributed by atoms with van der Waals surface area (Å²) in [6.45, 7) is 0. The average molecular weight is 234 g/mol. The predicted molar refractivity (Wildman–Crippen MR) is 72.6 cm³/mol. The fraction of sp³-hybridized carbons (Fsp3) is 0.0625. The summed E-state index contributed by atoms with van der Waals surface area (Å²) in [5.74, 6) is 0.793. The van der Waals surface area contributed by atoms with E-state index in [1.165, 1.54) is 5.39 Å². The Morgan fingerprint density at radius 1 is 1.06 bits per heavy atom. The van der Waals surface area contributed by atoms with E-state index in [1.54, 1.807) is 7.11 Å². The minimum atomic E-state index is 0.793. The van der Waals surface area contributed by atoms with Crippen LogP contribution in [0.25, 0.3) is 22.0 Å². The van der Waals surface area contributed by atoms with Crippen molar-refractivity contribution in [3.05, 3.63) is 60.8 Å². The topological polar surface area (TPSA) is 22.1 Å². The molecule has 0 aliphatic rings. The highest BCUT2D eigenvalue weighted by Gasteiger charge is 2.02. The van der Waals surface area contributed by atoms with Crippen LogP contribution in [0.15, 0.2) is 54.7 Å². The predicted octanol–water partition coefficient (Wildman–Crippen LogP) is 3.71. The molecule has 3 rings (SSSR count). The molecule has 1 heterocycles. The summed E-state index contributed by atoms with van der Waals surface area (Å²) in [6, 6.07) is 19.1.